The molecule has 1 aromatic carbocycles. The highest BCUT2D eigenvalue weighted by atomic mass is 16.1. The number of benzene rings is 1. The molecule has 17 heavy (non-hydrogen) atoms. The zero-order chi connectivity index (χ0) is 12.4. The fraction of sp³-hybridized carbons (Fsp3) is 0.400. The molecule has 0 fully saturated rings. The van der Waals surface area contributed by atoms with Crippen molar-refractivity contribution < 1.29 is 4.79 Å². The van der Waals surface area contributed by atoms with Gasteiger partial charge in [0.05, 0.1) is 0 Å². The van der Waals surface area contributed by atoms with E-state index < -0.39 is 0 Å². The van der Waals surface area contributed by atoms with E-state index in [1.54, 1.807) is 0 Å². The second kappa shape index (κ2) is 4.74. The van der Waals surface area contributed by atoms with E-state index in [0.29, 0.717) is 12.3 Å². The summed E-state index contributed by atoms with van der Waals surface area (Å²) in [4.78, 5) is 15.3. The number of H-pyrrole nitrogens is 1. The largest absolute Gasteiger partial charge is 0.360 e. The number of ketones is 1. The van der Waals surface area contributed by atoms with E-state index >= 15 is 0 Å². The van der Waals surface area contributed by atoms with Crippen molar-refractivity contribution in [1.82, 2.24) is 4.98 Å². The van der Waals surface area contributed by atoms with Crippen LogP contribution in [0.25, 0.3) is 10.9 Å². The first-order valence-corrected chi connectivity index (χ1v) is 6.19. The molecule has 1 heterocycles. The predicted octanol–water partition coefficient (Wildman–Crippen LogP) is 4.10. The van der Waals surface area contributed by atoms with Crippen LogP contribution in [-0.4, -0.2) is 10.8 Å². The first-order valence-electron chi connectivity index (χ1n) is 6.19. The third-order valence-electron chi connectivity index (χ3n) is 3.16. The van der Waals surface area contributed by atoms with Crippen molar-refractivity contribution >= 4 is 16.7 Å². The van der Waals surface area contributed by atoms with E-state index in [9.17, 15) is 4.79 Å². The van der Waals surface area contributed by atoms with Gasteiger partial charge in [0.25, 0.3) is 0 Å². The average molecular weight is 229 g/mol. The number of fused-ring (bicyclic) bond motifs is 1. The van der Waals surface area contributed by atoms with E-state index in [1.165, 1.54) is 0 Å². The monoisotopic (exact) mass is 229 g/mol. The molecule has 2 aromatic rings. The number of rotatable bonds is 4. The van der Waals surface area contributed by atoms with Gasteiger partial charge in [0.1, 0.15) is 0 Å². The van der Waals surface area contributed by atoms with Crippen molar-refractivity contribution in [3.8, 4) is 0 Å². The van der Waals surface area contributed by atoms with Gasteiger partial charge in [-0.3, -0.25) is 4.79 Å². The number of carbonyl (C=O) groups excluding carboxylic acids is 1. The first kappa shape index (κ1) is 11.9. The van der Waals surface area contributed by atoms with Crippen LogP contribution in [0.3, 0.4) is 0 Å². The summed E-state index contributed by atoms with van der Waals surface area (Å²) in [6.45, 7) is 6.34. The van der Waals surface area contributed by atoms with E-state index in [1.807, 2.05) is 18.3 Å². The van der Waals surface area contributed by atoms with E-state index in [2.05, 4.69) is 31.8 Å². The van der Waals surface area contributed by atoms with Crippen molar-refractivity contribution in [3.05, 3.63) is 35.5 Å². The summed E-state index contributed by atoms with van der Waals surface area (Å²) >= 11 is 0. The van der Waals surface area contributed by atoms with Crippen LogP contribution in [0.1, 0.15) is 42.6 Å². The van der Waals surface area contributed by atoms with E-state index in [4.69, 9.17) is 0 Å². The van der Waals surface area contributed by atoms with Crippen molar-refractivity contribution in [2.75, 3.05) is 0 Å². The summed E-state index contributed by atoms with van der Waals surface area (Å²) in [6.07, 6.45) is 3.44. The van der Waals surface area contributed by atoms with Crippen LogP contribution in [-0.2, 0) is 0 Å². The van der Waals surface area contributed by atoms with Gasteiger partial charge in [-0.05, 0) is 30.9 Å². The van der Waals surface area contributed by atoms with Crippen molar-refractivity contribution in [3.63, 3.8) is 0 Å². The molecule has 0 aliphatic carbocycles. The number of carbonyl (C=O) groups is 1. The lowest BCUT2D eigenvalue weighted by atomic mass is 9.99. The highest BCUT2D eigenvalue weighted by Crippen LogP contribution is 2.23. The Morgan fingerprint density at radius 2 is 2.12 bits per heavy atom. The van der Waals surface area contributed by atoms with E-state index in [0.717, 1.165) is 28.5 Å². The summed E-state index contributed by atoms with van der Waals surface area (Å²) in [5.41, 5.74) is 3.06. The maximum Gasteiger partial charge on any atom is 0.165 e. The third kappa shape index (κ3) is 2.41. The van der Waals surface area contributed by atoms with Gasteiger partial charge in [-0.2, -0.15) is 0 Å². The van der Waals surface area contributed by atoms with Gasteiger partial charge in [-0.25, -0.2) is 0 Å². The van der Waals surface area contributed by atoms with Gasteiger partial charge in [-0.1, -0.05) is 26.0 Å². The molecule has 0 unspecified atom stereocenters. The van der Waals surface area contributed by atoms with Crippen molar-refractivity contribution in [1.29, 1.82) is 0 Å². The molecule has 0 spiro atoms. The van der Waals surface area contributed by atoms with Gasteiger partial charge < -0.3 is 4.98 Å². The molecule has 0 saturated carbocycles. The van der Waals surface area contributed by atoms with Crippen LogP contribution < -0.4 is 0 Å². The van der Waals surface area contributed by atoms with Crippen LogP contribution in [0, 0.1) is 12.8 Å². The van der Waals surface area contributed by atoms with E-state index in [-0.39, 0.29) is 5.78 Å². The smallest absolute Gasteiger partial charge is 0.165 e. The quantitative estimate of drug-likeness (QED) is 0.787. The van der Waals surface area contributed by atoms with Crippen molar-refractivity contribution in [2.45, 2.75) is 33.6 Å². The van der Waals surface area contributed by atoms with Crippen molar-refractivity contribution in [2.24, 2.45) is 5.92 Å². The van der Waals surface area contributed by atoms with Gasteiger partial charge in [0.15, 0.2) is 5.78 Å². The molecule has 1 N–H and O–H groups in total. The number of hydrogen-bond donors (Lipinski definition) is 1. The topological polar surface area (TPSA) is 32.9 Å². The minimum Gasteiger partial charge on any atom is -0.360 e. The Hall–Kier alpha value is -1.57. The van der Waals surface area contributed by atoms with Gasteiger partial charge in [0, 0.05) is 29.1 Å². The van der Waals surface area contributed by atoms with Gasteiger partial charge in [0.2, 0.25) is 0 Å². The molecule has 2 nitrogen and oxygen atoms in total. The Kier molecular flexibility index (Phi) is 3.32. The van der Waals surface area contributed by atoms with Gasteiger partial charge in [-0.15, -0.1) is 0 Å². The number of aryl methyl sites for hydroxylation is 1. The molecule has 90 valence electrons. The Morgan fingerprint density at radius 3 is 2.82 bits per heavy atom. The molecule has 0 atom stereocenters. The summed E-state index contributed by atoms with van der Waals surface area (Å²) < 4.78 is 0. The lowest BCUT2D eigenvalue weighted by molar-refractivity contribution is 0.0977. The summed E-state index contributed by atoms with van der Waals surface area (Å²) in [7, 11) is 0. The van der Waals surface area contributed by atoms with Gasteiger partial charge >= 0.3 is 0 Å². The Morgan fingerprint density at radius 1 is 1.35 bits per heavy atom. The minimum atomic E-state index is 0.249. The zero-order valence-electron chi connectivity index (χ0n) is 10.7. The van der Waals surface area contributed by atoms with Crippen LogP contribution in [0.4, 0.5) is 0 Å². The molecule has 0 amide bonds. The second-order valence-corrected chi connectivity index (χ2v) is 5.06. The summed E-state index contributed by atoms with van der Waals surface area (Å²) in [6, 6.07) is 6.08. The summed E-state index contributed by atoms with van der Waals surface area (Å²) in [5.74, 6) is 0.824. The van der Waals surface area contributed by atoms with Crippen LogP contribution in [0.5, 0.6) is 0 Å². The zero-order valence-corrected chi connectivity index (χ0v) is 10.7. The average Bonchev–Trinajstić information content (AvgIpc) is 2.71. The molecular weight excluding hydrogens is 210 g/mol. The SMILES string of the molecule is Cc1cccc2[nH]cc(C(=O)CCC(C)C)c12. The summed E-state index contributed by atoms with van der Waals surface area (Å²) in [5, 5.41) is 1.08. The van der Waals surface area contributed by atoms with Crippen LogP contribution >= 0.6 is 0 Å². The molecule has 2 heteroatoms. The van der Waals surface area contributed by atoms with Crippen LogP contribution in [0.15, 0.2) is 24.4 Å². The minimum absolute atomic E-state index is 0.249. The molecule has 0 aliphatic heterocycles. The molecule has 0 bridgehead atoms. The standard InChI is InChI=1S/C15H19NO/c1-10(2)7-8-14(17)12-9-16-13-6-4-5-11(3)15(12)13/h4-6,9-10,16H,7-8H2,1-3H3. The molecule has 0 saturated heterocycles. The normalized spacial score (nSPS) is 11.3. The molecular formula is C15H19NO. The Balaban J connectivity index is 2.32. The lowest BCUT2D eigenvalue weighted by Gasteiger charge is -2.04. The predicted molar refractivity (Wildman–Crippen MR) is 71.4 cm³/mol. The number of nitrogens with one attached hydrogen (secondary N) is 1. The second-order valence-electron chi connectivity index (χ2n) is 5.06. The molecule has 0 radical (unpaired) electrons. The Bertz CT molecular complexity index is 537. The highest BCUT2D eigenvalue weighted by Gasteiger charge is 2.13. The molecule has 2 rings (SSSR count). The fourth-order valence-electron chi connectivity index (χ4n) is 2.14. The Labute approximate surface area is 102 Å². The van der Waals surface area contributed by atoms with Crippen LogP contribution in [0.2, 0.25) is 0 Å². The number of Topliss-reactive ketones (excluding diaryl/α,β-unsaturated/α-hetero) is 1. The lowest BCUT2D eigenvalue weighted by Crippen LogP contribution is -2.00. The fourth-order valence-corrected chi connectivity index (χ4v) is 2.14. The third-order valence-corrected chi connectivity index (χ3v) is 3.16. The number of hydrogen-bond acceptors (Lipinski definition) is 1. The maximum absolute atomic E-state index is 12.2. The molecule has 1 aromatic heterocycles. The number of aromatic amines is 1. The first-order chi connectivity index (χ1) is 8.09. The number of aromatic nitrogens is 1. The maximum atomic E-state index is 12.2. The molecule has 0 aliphatic rings. The highest BCUT2D eigenvalue weighted by molar-refractivity contribution is 6.08.